The third-order valence-electron chi connectivity index (χ3n) is 9.43. The Morgan fingerprint density at radius 3 is 2.40 bits per heavy atom. The van der Waals surface area contributed by atoms with Crippen molar-refractivity contribution in [3.8, 4) is 39.3 Å². The van der Waals surface area contributed by atoms with Crippen molar-refractivity contribution in [3.05, 3.63) is 78.0 Å². The number of carbonyl (C=O) groups is 2. The SMILES string of the molecule is CC(C)(C)OC(=O)NC1(c2nc3ccc(-c4ccc(-c5ccc6c(c5)OCCc5[nH]c(C7CCCN7C(=O)O)nc5-6)cc4)cc3[nH]2)CC1. The predicted octanol–water partition coefficient (Wildman–Crippen LogP) is 7.55. The zero-order chi connectivity index (χ0) is 33.2. The number of carbonyl (C=O) groups excluding carboxylic acids is 1. The van der Waals surface area contributed by atoms with Gasteiger partial charge in [0.15, 0.2) is 0 Å². The number of hydrogen-bond donors (Lipinski definition) is 4. The molecule has 1 saturated carbocycles. The van der Waals surface area contributed by atoms with Crippen molar-refractivity contribution < 1.29 is 24.2 Å². The Labute approximate surface area is 277 Å². The molecule has 1 aliphatic carbocycles. The van der Waals surface area contributed by atoms with Gasteiger partial charge in [0.25, 0.3) is 0 Å². The number of rotatable bonds is 5. The number of aromatic nitrogens is 4. The minimum atomic E-state index is -0.907. The fraction of sp³-hybridized carbons (Fsp3) is 0.351. The van der Waals surface area contributed by atoms with E-state index in [1.54, 1.807) is 0 Å². The Balaban J connectivity index is 1.01. The van der Waals surface area contributed by atoms with Gasteiger partial charge in [-0.1, -0.05) is 36.4 Å². The quantitative estimate of drug-likeness (QED) is 0.154. The lowest BCUT2D eigenvalue weighted by molar-refractivity contribution is 0.0492. The second-order valence-electron chi connectivity index (χ2n) is 14.0. The van der Waals surface area contributed by atoms with Crippen molar-refractivity contribution >= 4 is 23.2 Å². The highest BCUT2D eigenvalue weighted by Crippen LogP contribution is 2.45. The molecule has 11 nitrogen and oxygen atoms in total. The standard InChI is InChI=1S/C37H38N6O5/c1-36(2,3)48-34(44)42-37(15-16-37)33-39-26-13-11-23(19-28(26)40-33)21-6-8-22(9-7-21)24-10-12-25-30(20-24)47-18-14-27-31(25)41-32(38-27)29-5-4-17-43(29)35(45)46/h6-13,19-20,29H,4-5,14-18H2,1-3H3,(H,38,41)(H,39,40)(H,42,44)(H,45,46). The number of imidazole rings is 2. The molecule has 3 aromatic carbocycles. The van der Waals surface area contributed by atoms with E-state index in [1.807, 2.05) is 32.9 Å². The Bertz CT molecular complexity index is 2050. The summed E-state index contributed by atoms with van der Waals surface area (Å²) < 4.78 is 11.7. The molecule has 2 aromatic heterocycles. The van der Waals surface area contributed by atoms with Crippen LogP contribution in [0.1, 0.15) is 69.8 Å². The summed E-state index contributed by atoms with van der Waals surface area (Å²) in [6.07, 6.45) is 2.55. The number of fused-ring (bicyclic) bond motifs is 4. The molecule has 0 radical (unpaired) electrons. The van der Waals surface area contributed by atoms with E-state index in [-0.39, 0.29) is 6.04 Å². The predicted molar refractivity (Wildman–Crippen MR) is 181 cm³/mol. The number of benzene rings is 3. The van der Waals surface area contributed by atoms with Crippen LogP contribution >= 0.6 is 0 Å². The van der Waals surface area contributed by atoms with E-state index in [4.69, 9.17) is 19.4 Å². The fourth-order valence-corrected chi connectivity index (χ4v) is 6.87. The van der Waals surface area contributed by atoms with Crippen LogP contribution in [0, 0.1) is 0 Å². The number of H-pyrrole nitrogens is 2. The maximum Gasteiger partial charge on any atom is 0.408 e. The van der Waals surface area contributed by atoms with Gasteiger partial charge in [0.2, 0.25) is 0 Å². The van der Waals surface area contributed by atoms with Crippen LogP contribution in [0.5, 0.6) is 5.75 Å². The lowest BCUT2D eigenvalue weighted by Gasteiger charge is -2.22. The molecular weight excluding hydrogens is 608 g/mol. The van der Waals surface area contributed by atoms with Crippen molar-refractivity contribution in [2.75, 3.05) is 13.2 Å². The summed E-state index contributed by atoms with van der Waals surface area (Å²) in [5.74, 6) is 2.23. The molecule has 5 aromatic rings. The fourth-order valence-electron chi connectivity index (χ4n) is 6.87. The second-order valence-corrected chi connectivity index (χ2v) is 14.0. The second kappa shape index (κ2) is 11.1. The van der Waals surface area contributed by atoms with Gasteiger partial charge < -0.3 is 29.9 Å². The highest BCUT2D eigenvalue weighted by Gasteiger charge is 2.49. The van der Waals surface area contributed by atoms with Gasteiger partial charge in [-0.3, -0.25) is 4.90 Å². The summed E-state index contributed by atoms with van der Waals surface area (Å²) >= 11 is 0. The first-order valence-electron chi connectivity index (χ1n) is 16.5. The molecule has 8 rings (SSSR count). The van der Waals surface area contributed by atoms with E-state index in [0.29, 0.717) is 25.4 Å². The molecule has 1 saturated heterocycles. The number of nitrogens with one attached hydrogen (secondary N) is 3. The number of hydrogen-bond acceptors (Lipinski definition) is 6. The molecule has 1 unspecified atom stereocenters. The molecule has 0 spiro atoms. The molecule has 2 fully saturated rings. The Morgan fingerprint density at radius 1 is 0.979 bits per heavy atom. The zero-order valence-corrected chi connectivity index (χ0v) is 27.2. The highest BCUT2D eigenvalue weighted by molar-refractivity contribution is 5.83. The van der Waals surface area contributed by atoms with E-state index >= 15 is 0 Å². The van der Waals surface area contributed by atoms with Crippen molar-refractivity contribution in [2.45, 2.75) is 70.1 Å². The van der Waals surface area contributed by atoms with Crippen LogP contribution in [0.3, 0.4) is 0 Å². The topological polar surface area (TPSA) is 145 Å². The van der Waals surface area contributed by atoms with Crippen LogP contribution in [0.2, 0.25) is 0 Å². The molecular formula is C37H38N6O5. The molecule has 0 bridgehead atoms. The van der Waals surface area contributed by atoms with Crippen LogP contribution in [0.15, 0.2) is 60.7 Å². The molecule has 2 amide bonds. The van der Waals surface area contributed by atoms with Crippen LogP contribution in [0.25, 0.3) is 44.5 Å². The largest absolute Gasteiger partial charge is 0.492 e. The smallest absolute Gasteiger partial charge is 0.408 e. The lowest BCUT2D eigenvalue weighted by atomic mass is 9.98. The highest BCUT2D eigenvalue weighted by atomic mass is 16.6. The van der Waals surface area contributed by atoms with Crippen molar-refractivity contribution in [3.63, 3.8) is 0 Å². The van der Waals surface area contributed by atoms with Crippen LogP contribution in [-0.4, -0.2) is 60.9 Å². The van der Waals surface area contributed by atoms with Crippen molar-refractivity contribution in [1.29, 1.82) is 0 Å². The van der Waals surface area contributed by atoms with Gasteiger partial charge in [-0.15, -0.1) is 0 Å². The number of alkyl carbamates (subject to hydrolysis) is 1. The minimum Gasteiger partial charge on any atom is -0.492 e. The Hall–Kier alpha value is -5.32. The Kier molecular flexibility index (Phi) is 6.97. The molecule has 246 valence electrons. The summed E-state index contributed by atoms with van der Waals surface area (Å²) in [6, 6.07) is 20.6. The average Bonchev–Trinajstić information content (AvgIpc) is 3.38. The van der Waals surface area contributed by atoms with Crippen molar-refractivity contribution in [1.82, 2.24) is 30.2 Å². The van der Waals surface area contributed by atoms with Crippen LogP contribution in [0.4, 0.5) is 9.59 Å². The number of carboxylic acid groups (broad SMARTS) is 1. The summed E-state index contributed by atoms with van der Waals surface area (Å²) in [5.41, 5.74) is 7.64. The van der Waals surface area contributed by atoms with Gasteiger partial charge in [-0.2, -0.15) is 0 Å². The Morgan fingerprint density at radius 2 is 1.69 bits per heavy atom. The van der Waals surface area contributed by atoms with Gasteiger partial charge in [-0.05, 0) is 93.0 Å². The van der Waals surface area contributed by atoms with Gasteiger partial charge in [-0.25, -0.2) is 19.6 Å². The van der Waals surface area contributed by atoms with E-state index < -0.39 is 23.3 Å². The summed E-state index contributed by atoms with van der Waals surface area (Å²) in [5, 5.41) is 12.7. The molecule has 3 aliphatic rings. The lowest BCUT2D eigenvalue weighted by Crippen LogP contribution is -2.39. The summed E-state index contributed by atoms with van der Waals surface area (Å²) in [6.45, 7) is 6.59. The number of nitrogens with zero attached hydrogens (tertiary/aromatic N) is 3. The van der Waals surface area contributed by atoms with Gasteiger partial charge >= 0.3 is 12.2 Å². The zero-order valence-electron chi connectivity index (χ0n) is 27.2. The van der Waals surface area contributed by atoms with Crippen molar-refractivity contribution in [2.24, 2.45) is 0 Å². The number of aromatic amines is 2. The third kappa shape index (κ3) is 5.52. The maximum atomic E-state index is 12.5. The first kappa shape index (κ1) is 30.0. The van der Waals surface area contributed by atoms with Gasteiger partial charge in [0.05, 0.1) is 29.4 Å². The normalized spacial score (nSPS) is 18.1. The molecule has 48 heavy (non-hydrogen) atoms. The summed E-state index contributed by atoms with van der Waals surface area (Å²) in [7, 11) is 0. The monoisotopic (exact) mass is 646 g/mol. The molecule has 11 heteroatoms. The number of likely N-dealkylation sites (tertiary alicyclic amines) is 1. The van der Waals surface area contributed by atoms with E-state index in [1.165, 1.54) is 4.90 Å². The first-order chi connectivity index (χ1) is 23.0. The summed E-state index contributed by atoms with van der Waals surface area (Å²) in [4.78, 5) is 42.3. The molecule has 1 atom stereocenters. The van der Waals surface area contributed by atoms with Gasteiger partial charge in [0, 0.05) is 24.2 Å². The van der Waals surface area contributed by atoms with E-state index in [2.05, 4.69) is 63.8 Å². The van der Waals surface area contributed by atoms with Crippen LogP contribution in [-0.2, 0) is 16.7 Å². The van der Waals surface area contributed by atoms with E-state index in [9.17, 15) is 14.7 Å². The van der Waals surface area contributed by atoms with Gasteiger partial charge in [0.1, 0.15) is 28.5 Å². The third-order valence-corrected chi connectivity index (χ3v) is 9.43. The first-order valence-corrected chi connectivity index (χ1v) is 16.5. The average molecular weight is 647 g/mol. The molecule has 4 heterocycles. The number of ether oxygens (including phenoxy) is 2. The molecule has 2 aliphatic heterocycles. The number of amides is 2. The molecule has 4 N–H and O–H groups in total. The van der Waals surface area contributed by atoms with E-state index in [0.717, 1.165) is 87.5 Å². The maximum absolute atomic E-state index is 12.5. The van der Waals surface area contributed by atoms with Crippen LogP contribution < -0.4 is 10.1 Å². The minimum absolute atomic E-state index is 0.247.